The van der Waals surface area contributed by atoms with Crippen molar-refractivity contribution < 1.29 is 22.7 Å². The Labute approximate surface area is 145 Å². The van der Waals surface area contributed by atoms with Gasteiger partial charge in [-0.1, -0.05) is 18.2 Å². The Kier molecular flexibility index (Phi) is 5.55. The van der Waals surface area contributed by atoms with E-state index >= 15 is 0 Å². The molecule has 0 fully saturated rings. The van der Waals surface area contributed by atoms with Gasteiger partial charge in [0.25, 0.3) is 5.91 Å². The molecule has 0 radical (unpaired) electrons. The molecule has 0 unspecified atom stereocenters. The fourth-order valence-corrected chi connectivity index (χ4v) is 2.69. The quantitative estimate of drug-likeness (QED) is 0.786. The molecule has 1 amide bonds. The maximum absolute atomic E-state index is 12.1. The van der Waals surface area contributed by atoms with E-state index in [0.29, 0.717) is 5.56 Å². The highest BCUT2D eigenvalue weighted by molar-refractivity contribution is 7.89. The predicted molar refractivity (Wildman–Crippen MR) is 92.6 cm³/mol. The van der Waals surface area contributed by atoms with Gasteiger partial charge >= 0.3 is 5.97 Å². The highest BCUT2D eigenvalue weighted by atomic mass is 32.2. The number of benzene rings is 2. The highest BCUT2D eigenvalue weighted by Crippen LogP contribution is 2.15. The summed E-state index contributed by atoms with van der Waals surface area (Å²) in [5, 5.41) is 7.49. The average Bonchev–Trinajstić information content (AvgIpc) is 2.54. The van der Waals surface area contributed by atoms with Crippen LogP contribution in [-0.4, -0.2) is 26.9 Å². The van der Waals surface area contributed by atoms with Gasteiger partial charge < -0.3 is 10.1 Å². The van der Waals surface area contributed by atoms with Gasteiger partial charge in [-0.3, -0.25) is 4.79 Å². The Balaban J connectivity index is 1.99. The first-order valence-corrected chi connectivity index (χ1v) is 8.89. The lowest BCUT2D eigenvalue weighted by Gasteiger charge is -2.10. The summed E-state index contributed by atoms with van der Waals surface area (Å²) in [5.74, 6) is -1.19. The molecule has 0 spiro atoms. The monoisotopic (exact) mass is 362 g/mol. The van der Waals surface area contributed by atoms with Gasteiger partial charge in [-0.2, -0.15) is 0 Å². The van der Waals surface area contributed by atoms with Crippen LogP contribution in [0.1, 0.15) is 21.5 Å². The van der Waals surface area contributed by atoms with Gasteiger partial charge in [0.1, 0.15) is 0 Å². The predicted octanol–water partition coefficient (Wildman–Crippen LogP) is 1.75. The molecule has 0 saturated carbocycles. The molecule has 0 heterocycles. The van der Waals surface area contributed by atoms with E-state index in [9.17, 15) is 18.0 Å². The summed E-state index contributed by atoms with van der Waals surface area (Å²) < 4.78 is 27.6. The minimum Gasteiger partial charge on any atom is -0.452 e. The van der Waals surface area contributed by atoms with Crippen molar-refractivity contribution in [2.75, 3.05) is 11.9 Å². The highest BCUT2D eigenvalue weighted by Gasteiger charge is 2.14. The van der Waals surface area contributed by atoms with Crippen LogP contribution in [0.3, 0.4) is 0 Å². The topological polar surface area (TPSA) is 116 Å². The van der Waals surface area contributed by atoms with Crippen LogP contribution in [0.25, 0.3) is 0 Å². The van der Waals surface area contributed by atoms with Crippen LogP contribution in [0.4, 0.5) is 5.69 Å². The number of sulfonamides is 1. The summed E-state index contributed by atoms with van der Waals surface area (Å²) in [7, 11) is -3.87. The molecule has 7 nitrogen and oxygen atoms in total. The number of primary sulfonamides is 1. The zero-order chi connectivity index (χ0) is 18.6. The van der Waals surface area contributed by atoms with E-state index in [1.54, 1.807) is 19.1 Å². The molecule has 0 aliphatic rings. The number of anilines is 1. The van der Waals surface area contributed by atoms with Gasteiger partial charge in [0.2, 0.25) is 10.0 Å². The van der Waals surface area contributed by atoms with E-state index in [0.717, 1.165) is 11.1 Å². The second kappa shape index (κ2) is 7.45. The van der Waals surface area contributed by atoms with Gasteiger partial charge in [-0.15, -0.1) is 0 Å². The normalized spacial score (nSPS) is 11.0. The van der Waals surface area contributed by atoms with Crippen molar-refractivity contribution >= 4 is 27.6 Å². The van der Waals surface area contributed by atoms with Crippen molar-refractivity contribution in [3.05, 3.63) is 59.2 Å². The lowest BCUT2D eigenvalue weighted by atomic mass is 10.0. The van der Waals surface area contributed by atoms with Crippen LogP contribution < -0.4 is 10.5 Å². The van der Waals surface area contributed by atoms with Crippen LogP contribution in [0, 0.1) is 13.8 Å². The van der Waals surface area contributed by atoms with Crippen molar-refractivity contribution in [3.63, 3.8) is 0 Å². The standard InChI is InChI=1S/C17H18N2O5S/c1-11-5-3-8-15(12(11)2)17(21)24-10-16(20)19-13-6-4-7-14(9-13)25(18,22)23/h3-9H,10H2,1-2H3,(H,19,20)(H2,18,22,23). The largest absolute Gasteiger partial charge is 0.452 e. The van der Waals surface area contributed by atoms with Gasteiger partial charge in [-0.25, -0.2) is 18.4 Å². The maximum Gasteiger partial charge on any atom is 0.338 e. The second-order valence-electron chi connectivity index (χ2n) is 5.44. The molecule has 0 aromatic heterocycles. The number of hydrogen-bond donors (Lipinski definition) is 2. The number of carbonyl (C=O) groups excluding carboxylic acids is 2. The maximum atomic E-state index is 12.1. The first kappa shape index (κ1) is 18.6. The summed E-state index contributed by atoms with van der Waals surface area (Å²) in [5.41, 5.74) is 2.36. The third-order valence-electron chi connectivity index (χ3n) is 3.61. The molecule has 2 aromatic carbocycles. The van der Waals surface area contributed by atoms with E-state index < -0.39 is 28.5 Å². The number of hydrogen-bond acceptors (Lipinski definition) is 5. The third kappa shape index (κ3) is 4.88. The summed E-state index contributed by atoms with van der Waals surface area (Å²) in [6.07, 6.45) is 0. The van der Waals surface area contributed by atoms with E-state index in [1.807, 2.05) is 13.0 Å². The zero-order valence-corrected chi connectivity index (χ0v) is 14.6. The number of amides is 1. The van der Waals surface area contributed by atoms with E-state index in [-0.39, 0.29) is 10.6 Å². The van der Waals surface area contributed by atoms with Crippen molar-refractivity contribution in [1.29, 1.82) is 0 Å². The zero-order valence-electron chi connectivity index (χ0n) is 13.8. The molecule has 0 aliphatic heterocycles. The smallest absolute Gasteiger partial charge is 0.338 e. The molecule has 8 heteroatoms. The van der Waals surface area contributed by atoms with E-state index in [2.05, 4.69) is 5.32 Å². The van der Waals surface area contributed by atoms with Gasteiger partial charge in [0.15, 0.2) is 6.61 Å². The number of nitrogens with one attached hydrogen (secondary N) is 1. The summed E-state index contributed by atoms with van der Waals surface area (Å²) >= 11 is 0. The SMILES string of the molecule is Cc1cccc(C(=O)OCC(=O)Nc2cccc(S(N)(=O)=O)c2)c1C. The van der Waals surface area contributed by atoms with Gasteiger partial charge in [-0.05, 0) is 49.2 Å². The molecule has 3 N–H and O–H groups in total. The van der Waals surface area contributed by atoms with E-state index in [4.69, 9.17) is 9.88 Å². The second-order valence-corrected chi connectivity index (χ2v) is 7.01. The summed E-state index contributed by atoms with van der Waals surface area (Å²) in [6.45, 7) is 3.17. The Morgan fingerprint density at radius 3 is 2.48 bits per heavy atom. The molecule has 0 saturated heterocycles. The number of carbonyl (C=O) groups is 2. The Morgan fingerprint density at radius 2 is 1.80 bits per heavy atom. The molecule has 2 aromatic rings. The molecule has 25 heavy (non-hydrogen) atoms. The number of ether oxygens (including phenoxy) is 1. The van der Waals surface area contributed by atoms with Crippen LogP contribution in [0.2, 0.25) is 0 Å². The fourth-order valence-electron chi connectivity index (χ4n) is 2.13. The fraction of sp³-hybridized carbons (Fsp3) is 0.176. The molecule has 0 aliphatic carbocycles. The first-order valence-electron chi connectivity index (χ1n) is 7.34. The lowest BCUT2D eigenvalue weighted by molar-refractivity contribution is -0.119. The molecule has 0 atom stereocenters. The van der Waals surface area contributed by atoms with Gasteiger partial charge in [0.05, 0.1) is 10.5 Å². The van der Waals surface area contributed by atoms with Crippen LogP contribution in [0.15, 0.2) is 47.4 Å². The van der Waals surface area contributed by atoms with Crippen molar-refractivity contribution in [3.8, 4) is 0 Å². The molecular formula is C17H18N2O5S. The number of aryl methyl sites for hydroxylation is 1. The summed E-state index contributed by atoms with van der Waals surface area (Å²) in [6, 6.07) is 10.7. The minimum absolute atomic E-state index is 0.127. The number of esters is 1. The Hall–Kier alpha value is -2.71. The Morgan fingerprint density at radius 1 is 1.12 bits per heavy atom. The van der Waals surface area contributed by atoms with E-state index in [1.165, 1.54) is 24.3 Å². The van der Waals surface area contributed by atoms with Crippen molar-refractivity contribution in [1.82, 2.24) is 0 Å². The van der Waals surface area contributed by atoms with Crippen molar-refractivity contribution in [2.45, 2.75) is 18.7 Å². The van der Waals surface area contributed by atoms with Crippen LogP contribution in [0.5, 0.6) is 0 Å². The molecule has 0 bridgehead atoms. The van der Waals surface area contributed by atoms with Crippen LogP contribution >= 0.6 is 0 Å². The van der Waals surface area contributed by atoms with Crippen LogP contribution in [-0.2, 0) is 19.6 Å². The molecule has 2 rings (SSSR count). The first-order chi connectivity index (χ1) is 11.7. The minimum atomic E-state index is -3.87. The number of nitrogens with two attached hydrogens (primary N) is 1. The lowest BCUT2D eigenvalue weighted by Crippen LogP contribution is -2.21. The average molecular weight is 362 g/mol. The van der Waals surface area contributed by atoms with Crippen molar-refractivity contribution in [2.24, 2.45) is 5.14 Å². The Bertz CT molecular complexity index is 922. The number of rotatable bonds is 5. The molecule has 132 valence electrons. The third-order valence-corrected chi connectivity index (χ3v) is 4.52. The molecular weight excluding hydrogens is 344 g/mol. The summed E-state index contributed by atoms with van der Waals surface area (Å²) in [4.78, 5) is 23.8. The van der Waals surface area contributed by atoms with Gasteiger partial charge in [0, 0.05) is 5.69 Å².